The lowest BCUT2D eigenvalue weighted by Crippen LogP contribution is -2.17. The van der Waals surface area contributed by atoms with Crippen LogP contribution in [-0.4, -0.2) is 10.5 Å². The molecule has 0 aliphatic carbocycles. The molecule has 0 aromatic heterocycles. The summed E-state index contributed by atoms with van der Waals surface area (Å²) in [4.78, 5) is 7.34. The van der Waals surface area contributed by atoms with E-state index in [1.807, 2.05) is 0 Å². The van der Waals surface area contributed by atoms with E-state index < -0.39 is 0 Å². The molecule has 0 saturated heterocycles. The average molecular weight is 241 g/mol. The van der Waals surface area contributed by atoms with Crippen molar-refractivity contribution in [1.82, 2.24) is 5.64 Å². The monoisotopic (exact) mass is 241 g/mol. The number of nitrogens with one attached hydrogen (secondary N) is 1. The van der Waals surface area contributed by atoms with Gasteiger partial charge in [-0.3, -0.25) is 0 Å². The third-order valence-electron chi connectivity index (χ3n) is 0.364. The molecule has 0 aromatic carbocycles. The Kier molecular flexibility index (Phi) is 12.9. The minimum atomic E-state index is 1.37. The van der Waals surface area contributed by atoms with Crippen LogP contribution in [0.15, 0.2) is 0 Å². The van der Waals surface area contributed by atoms with Crippen LogP contribution in [0.5, 0.6) is 0 Å². The van der Waals surface area contributed by atoms with E-state index in [9.17, 15) is 0 Å². The summed E-state index contributed by atoms with van der Waals surface area (Å²) in [5.41, 5.74) is 1.37. The Labute approximate surface area is 77.9 Å². The Morgan fingerprint density at radius 3 is 1.33 bits per heavy atom. The molecule has 0 rings (SSSR count). The van der Waals surface area contributed by atoms with Gasteiger partial charge in [-0.05, 0) is 56.0 Å². The van der Waals surface area contributed by atoms with E-state index in [0.717, 1.165) is 0 Å². The van der Waals surface area contributed by atoms with Crippen LogP contribution in [0.25, 0.3) is 0 Å². The van der Waals surface area contributed by atoms with Gasteiger partial charge in [-0.2, -0.15) is 0 Å². The molecule has 0 fully saturated rings. The molecule has 0 radical (unpaired) electrons. The SMILES string of the molecule is OOOOOOONOOOOOOO. The molecule has 0 amide bonds. The zero-order chi connectivity index (χ0) is 11.2. The van der Waals surface area contributed by atoms with Gasteiger partial charge in [-0.25, -0.2) is 10.5 Å². The molecule has 0 spiro atoms. The van der Waals surface area contributed by atoms with Gasteiger partial charge in [0, 0.05) is 0 Å². The van der Waals surface area contributed by atoms with Crippen LogP contribution >= 0.6 is 0 Å². The lowest BCUT2D eigenvalue weighted by atomic mass is 13.2. The van der Waals surface area contributed by atoms with Crippen molar-refractivity contribution in [1.29, 1.82) is 0 Å². The Balaban J connectivity index is 2.81. The number of rotatable bonds is 12. The molecule has 3 N–H and O–H groups in total. The van der Waals surface area contributed by atoms with Gasteiger partial charge in [0.15, 0.2) is 0 Å². The fourth-order valence-electron chi connectivity index (χ4n) is 0.140. The largest absolute Gasteiger partial charge is 0.219 e. The summed E-state index contributed by atoms with van der Waals surface area (Å²) in [5, 5.41) is 47.8. The van der Waals surface area contributed by atoms with Crippen molar-refractivity contribution in [2.75, 3.05) is 0 Å². The fraction of sp³-hybridized carbons (Fsp3) is 0. The molecule has 0 atom stereocenters. The van der Waals surface area contributed by atoms with E-state index in [4.69, 9.17) is 10.5 Å². The first-order valence-electron chi connectivity index (χ1n) is 2.44. The molecule has 0 aliphatic heterocycles. The average Bonchev–Trinajstić information content (AvgIpc) is 2.26. The summed E-state index contributed by atoms with van der Waals surface area (Å²) in [6.07, 6.45) is 0. The Hall–Kier alpha value is -0.600. The van der Waals surface area contributed by atoms with Crippen LogP contribution in [0.1, 0.15) is 0 Å². The van der Waals surface area contributed by atoms with Crippen LogP contribution in [-0.2, 0) is 60.4 Å². The normalized spacial score (nSPS) is 10.8. The summed E-state index contributed by atoms with van der Waals surface area (Å²) in [6.45, 7) is 0. The van der Waals surface area contributed by atoms with Crippen LogP contribution in [0.4, 0.5) is 0 Å². The van der Waals surface area contributed by atoms with Gasteiger partial charge in [0.1, 0.15) is 0 Å². The highest BCUT2D eigenvalue weighted by molar-refractivity contribution is 3.37. The quantitative estimate of drug-likeness (QED) is 0.209. The summed E-state index contributed by atoms with van der Waals surface area (Å²) in [6, 6.07) is 0. The molecular weight excluding hydrogens is 238 g/mol. The highest BCUT2D eigenvalue weighted by Crippen LogP contribution is 1.85. The van der Waals surface area contributed by atoms with E-state index in [-0.39, 0.29) is 0 Å². The van der Waals surface area contributed by atoms with E-state index in [1.54, 1.807) is 0 Å². The van der Waals surface area contributed by atoms with E-state index in [1.165, 1.54) is 5.64 Å². The molecule has 0 unspecified atom stereocenters. The predicted molar refractivity (Wildman–Crippen MR) is 21.4 cm³/mol. The smallest absolute Gasteiger partial charge is 0.000117 e. The zero-order valence-corrected chi connectivity index (χ0v) is 6.29. The summed E-state index contributed by atoms with van der Waals surface area (Å²) in [7, 11) is 0. The van der Waals surface area contributed by atoms with Crippen molar-refractivity contribution in [2.45, 2.75) is 0 Å². The standard InChI is InChI=1S/H3NO14/c2-6-10-14-12-8-4-1-5-9-13-15-11-7-3/h1-3H. The molecule has 0 saturated carbocycles. The second-order valence-corrected chi connectivity index (χ2v) is 0.943. The van der Waals surface area contributed by atoms with Crippen molar-refractivity contribution in [3.05, 3.63) is 0 Å². The molecule has 0 aromatic rings. The van der Waals surface area contributed by atoms with Crippen LogP contribution in [0.2, 0.25) is 0 Å². The minimum Gasteiger partial charge on any atom is -0.219 e. The molecule has 0 heterocycles. The van der Waals surface area contributed by atoms with Gasteiger partial charge in [0.05, 0.1) is 0 Å². The van der Waals surface area contributed by atoms with Crippen LogP contribution < -0.4 is 5.64 Å². The summed E-state index contributed by atoms with van der Waals surface area (Å²) < 4.78 is 0. The fourth-order valence-corrected chi connectivity index (χ4v) is 0.140. The Morgan fingerprint density at radius 1 is 0.533 bits per heavy atom. The minimum absolute atomic E-state index is 1.37. The maximum atomic E-state index is 7.46. The Bertz CT molecular complexity index is 89.5. The van der Waals surface area contributed by atoms with Gasteiger partial charge < -0.3 is 0 Å². The van der Waals surface area contributed by atoms with Crippen LogP contribution in [0, 0.1) is 0 Å². The second-order valence-electron chi connectivity index (χ2n) is 0.943. The zero-order valence-electron chi connectivity index (χ0n) is 6.29. The Morgan fingerprint density at radius 2 is 0.933 bits per heavy atom. The first kappa shape index (κ1) is 14.4. The lowest BCUT2D eigenvalue weighted by Gasteiger charge is -1.99. The van der Waals surface area contributed by atoms with Crippen molar-refractivity contribution in [2.24, 2.45) is 0 Å². The van der Waals surface area contributed by atoms with Gasteiger partial charge >= 0.3 is 0 Å². The molecule has 15 heteroatoms. The molecule has 15 nitrogen and oxygen atoms in total. The first-order chi connectivity index (χ1) is 7.41. The van der Waals surface area contributed by atoms with Gasteiger partial charge in [-0.15, -0.1) is 0 Å². The summed E-state index contributed by atoms with van der Waals surface area (Å²) >= 11 is 0. The molecule has 92 valence electrons. The molecule has 15 heavy (non-hydrogen) atoms. The first-order valence-corrected chi connectivity index (χ1v) is 2.44. The summed E-state index contributed by atoms with van der Waals surface area (Å²) in [5.74, 6) is 0. The molecular formula is H3NO14. The molecule has 0 bridgehead atoms. The highest BCUT2D eigenvalue weighted by atomic mass is 17.9. The van der Waals surface area contributed by atoms with E-state index in [0.29, 0.717) is 0 Å². The third-order valence-corrected chi connectivity index (χ3v) is 0.364. The number of hydrogen-bond acceptors (Lipinski definition) is 15. The maximum absolute atomic E-state index is 7.46. The van der Waals surface area contributed by atoms with Gasteiger partial charge in [0.2, 0.25) is 0 Å². The van der Waals surface area contributed by atoms with Crippen molar-refractivity contribution in [3.63, 3.8) is 0 Å². The third kappa shape index (κ3) is 13.4. The van der Waals surface area contributed by atoms with Crippen molar-refractivity contribution >= 4 is 0 Å². The topological polar surface area (TPSA) is 163 Å². The van der Waals surface area contributed by atoms with E-state index >= 15 is 0 Å². The number of hydrogen-bond donors (Lipinski definition) is 3. The van der Waals surface area contributed by atoms with Gasteiger partial charge in [0.25, 0.3) is 0 Å². The highest BCUT2D eigenvalue weighted by Gasteiger charge is 1.95. The van der Waals surface area contributed by atoms with Crippen LogP contribution in [0.3, 0.4) is 0 Å². The molecule has 0 aliphatic rings. The second kappa shape index (κ2) is 13.4. The van der Waals surface area contributed by atoms with Crippen molar-refractivity contribution in [3.8, 4) is 0 Å². The van der Waals surface area contributed by atoms with Crippen molar-refractivity contribution < 1.29 is 70.9 Å². The predicted octanol–water partition coefficient (Wildman–Crippen LogP) is -1.30. The maximum Gasteiger partial charge on any atom is -0.000117 e. The lowest BCUT2D eigenvalue weighted by molar-refractivity contribution is -0.816. The van der Waals surface area contributed by atoms with E-state index in [2.05, 4.69) is 60.4 Å². The van der Waals surface area contributed by atoms with Gasteiger partial charge in [-0.1, -0.05) is 9.98 Å².